The molecule has 0 saturated heterocycles. The highest BCUT2D eigenvalue weighted by Crippen LogP contribution is 2.50. The number of nitrogens with zero attached hydrogens (tertiary/aromatic N) is 1. The molecule has 0 spiro atoms. The third-order valence-electron chi connectivity index (χ3n) is 9.26. The number of hydrogen-bond donors (Lipinski definition) is 2. The highest BCUT2D eigenvalue weighted by molar-refractivity contribution is 5.98. The van der Waals surface area contributed by atoms with Gasteiger partial charge in [0.25, 0.3) is 5.91 Å². The SMILES string of the molecule is CC(C)(O)OC(=O)C1(Cc2cccc(NC(=O)C(c3ccc(CN4Cc5cc(F)c(F)cc5C4=O)cc3)C3CCCC3)c2)CC1. The maximum atomic E-state index is 13.8. The van der Waals surface area contributed by atoms with E-state index in [-0.39, 0.29) is 42.3 Å². The molecule has 6 rings (SSSR count). The van der Waals surface area contributed by atoms with Crippen LogP contribution in [-0.4, -0.2) is 33.6 Å². The molecule has 1 unspecified atom stereocenters. The molecule has 1 atom stereocenters. The predicted molar refractivity (Wildman–Crippen MR) is 164 cm³/mol. The maximum Gasteiger partial charge on any atom is 0.314 e. The molecule has 2 aliphatic carbocycles. The van der Waals surface area contributed by atoms with Gasteiger partial charge >= 0.3 is 5.97 Å². The van der Waals surface area contributed by atoms with Gasteiger partial charge in [0.05, 0.1) is 11.3 Å². The second-order valence-electron chi connectivity index (χ2n) is 13.3. The van der Waals surface area contributed by atoms with Crippen LogP contribution in [0.5, 0.6) is 0 Å². The van der Waals surface area contributed by atoms with Crippen molar-refractivity contribution in [1.82, 2.24) is 4.90 Å². The number of amides is 2. The number of halogens is 2. The number of carbonyl (C=O) groups excluding carboxylic acids is 3. The molecule has 2 N–H and O–H groups in total. The van der Waals surface area contributed by atoms with Gasteiger partial charge in [-0.05, 0) is 84.5 Å². The van der Waals surface area contributed by atoms with Crippen LogP contribution >= 0.6 is 0 Å². The minimum Gasteiger partial charge on any atom is -0.433 e. The number of carbonyl (C=O) groups is 3. The van der Waals surface area contributed by atoms with Crippen LogP contribution < -0.4 is 5.32 Å². The van der Waals surface area contributed by atoms with Gasteiger partial charge < -0.3 is 20.1 Å². The van der Waals surface area contributed by atoms with Crippen molar-refractivity contribution in [1.29, 1.82) is 0 Å². The van der Waals surface area contributed by atoms with Crippen LogP contribution in [-0.2, 0) is 33.8 Å². The van der Waals surface area contributed by atoms with Crippen LogP contribution in [0.3, 0.4) is 0 Å². The third kappa shape index (κ3) is 6.78. The number of fused-ring (bicyclic) bond motifs is 1. The van der Waals surface area contributed by atoms with E-state index in [0.717, 1.165) is 54.5 Å². The average molecular weight is 617 g/mol. The summed E-state index contributed by atoms with van der Waals surface area (Å²) in [4.78, 5) is 40.9. The summed E-state index contributed by atoms with van der Waals surface area (Å²) in [5, 5.41) is 13.1. The van der Waals surface area contributed by atoms with Crippen molar-refractivity contribution in [2.45, 2.75) is 83.6 Å². The van der Waals surface area contributed by atoms with Gasteiger partial charge in [-0.2, -0.15) is 0 Å². The third-order valence-corrected chi connectivity index (χ3v) is 9.26. The van der Waals surface area contributed by atoms with Crippen molar-refractivity contribution in [3.63, 3.8) is 0 Å². The number of anilines is 1. The van der Waals surface area contributed by atoms with E-state index in [1.807, 2.05) is 48.5 Å². The van der Waals surface area contributed by atoms with Gasteiger partial charge in [-0.1, -0.05) is 49.2 Å². The Hall–Kier alpha value is -4.11. The van der Waals surface area contributed by atoms with Crippen molar-refractivity contribution in [3.05, 3.63) is 100 Å². The van der Waals surface area contributed by atoms with Crippen LogP contribution in [0.4, 0.5) is 14.5 Å². The van der Waals surface area contributed by atoms with Gasteiger partial charge in [-0.25, -0.2) is 8.78 Å². The molecule has 1 aliphatic heterocycles. The van der Waals surface area contributed by atoms with Gasteiger partial charge in [0.1, 0.15) is 0 Å². The van der Waals surface area contributed by atoms with E-state index < -0.39 is 28.8 Å². The zero-order valence-electron chi connectivity index (χ0n) is 25.6. The molecular formula is C36H38F2N2O5. The summed E-state index contributed by atoms with van der Waals surface area (Å²) in [6.07, 6.45) is 5.90. The summed E-state index contributed by atoms with van der Waals surface area (Å²) in [6, 6.07) is 17.3. The van der Waals surface area contributed by atoms with Gasteiger partial charge in [0, 0.05) is 38.2 Å². The Kier molecular flexibility index (Phi) is 8.24. The Bertz CT molecular complexity index is 1620. The van der Waals surface area contributed by atoms with E-state index >= 15 is 0 Å². The molecule has 2 saturated carbocycles. The van der Waals surface area contributed by atoms with Gasteiger partial charge in [-0.3, -0.25) is 14.4 Å². The molecule has 0 radical (unpaired) electrons. The Morgan fingerprint density at radius 1 is 1.02 bits per heavy atom. The Labute approximate surface area is 261 Å². The van der Waals surface area contributed by atoms with Crippen molar-refractivity contribution in [3.8, 4) is 0 Å². The smallest absolute Gasteiger partial charge is 0.314 e. The molecule has 236 valence electrons. The highest BCUT2D eigenvalue weighted by Gasteiger charge is 2.52. The summed E-state index contributed by atoms with van der Waals surface area (Å²) in [6.45, 7) is 3.37. The molecule has 0 bridgehead atoms. The lowest BCUT2D eigenvalue weighted by atomic mass is 9.83. The molecule has 3 aliphatic rings. The molecule has 2 amide bonds. The first-order chi connectivity index (χ1) is 21.4. The lowest BCUT2D eigenvalue weighted by molar-refractivity contribution is -0.201. The molecule has 7 nitrogen and oxygen atoms in total. The van der Waals surface area contributed by atoms with E-state index in [2.05, 4.69) is 5.32 Å². The van der Waals surface area contributed by atoms with Crippen LogP contribution in [0.25, 0.3) is 0 Å². The molecule has 45 heavy (non-hydrogen) atoms. The van der Waals surface area contributed by atoms with Crippen LogP contribution in [0.2, 0.25) is 0 Å². The van der Waals surface area contributed by atoms with Crippen LogP contribution in [0.1, 0.15) is 90.9 Å². The Morgan fingerprint density at radius 3 is 2.38 bits per heavy atom. The molecule has 3 aromatic rings. The Morgan fingerprint density at radius 2 is 1.71 bits per heavy atom. The summed E-state index contributed by atoms with van der Waals surface area (Å²) in [7, 11) is 0. The summed E-state index contributed by atoms with van der Waals surface area (Å²) >= 11 is 0. The molecular weight excluding hydrogens is 578 g/mol. The van der Waals surface area contributed by atoms with E-state index in [1.165, 1.54) is 13.8 Å². The number of nitrogens with one attached hydrogen (secondary N) is 1. The number of benzene rings is 3. The van der Waals surface area contributed by atoms with E-state index in [4.69, 9.17) is 4.74 Å². The van der Waals surface area contributed by atoms with Crippen LogP contribution in [0.15, 0.2) is 60.7 Å². The molecule has 1 heterocycles. The zero-order chi connectivity index (χ0) is 31.9. The fraction of sp³-hybridized carbons (Fsp3) is 0.417. The first kappa shape index (κ1) is 30.9. The van der Waals surface area contributed by atoms with Gasteiger partial charge in [0.2, 0.25) is 11.7 Å². The van der Waals surface area contributed by atoms with Crippen molar-refractivity contribution in [2.24, 2.45) is 11.3 Å². The first-order valence-electron chi connectivity index (χ1n) is 15.6. The average Bonchev–Trinajstić information content (AvgIpc) is 3.45. The van der Waals surface area contributed by atoms with Gasteiger partial charge in [0.15, 0.2) is 11.6 Å². The number of hydrogen-bond acceptors (Lipinski definition) is 5. The summed E-state index contributed by atoms with van der Waals surface area (Å²) in [5.41, 5.74) is 3.33. The second-order valence-corrected chi connectivity index (χ2v) is 13.3. The summed E-state index contributed by atoms with van der Waals surface area (Å²) in [5.74, 6) is -4.52. The van der Waals surface area contributed by atoms with E-state index in [9.17, 15) is 28.3 Å². The minimum absolute atomic E-state index is 0.0939. The topological polar surface area (TPSA) is 95.9 Å². The molecule has 2 fully saturated rings. The van der Waals surface area contributed by atoms with Crippen LogP contribution in [0, 0.1) is 23.0 Å². The lowest BCUT2D eigenvalue weighted by Gasteiger charge is -2.24. The minimum atomic E-state index is -1.53. The fourth-order valence-corrected chi connectivity index (χ4v) is 6.78. The standard InChI is InChI=1S/C36H38F2N2O5/c1-35(2,44)45-34(43)36(14-15-36)19-23-6-5-9-27(16-23)39-32(41)31(24-7-3-4-8-24)25-12-10-22(11-13-25)20-40-21-26-17-29(37)30(38)18-28(26)33(40)42/h5-6,9-13,16-18,24,31,44H,3-4,7-8,14-15,19-21H2,1-2H3,(H,39,41). The predicted octanol–water partition coefficient (Wildman–Crippen LogP) is 6.63. The second kappa shape index (κ2) is 12.0. The largest absolute Gasteiger partial charge is 0.433 e. The Balaban J connectivity index is 1.14. The molecule has 9 heteroatoms. The monoisotopic (exact) mass is 616 g/mol. The van der Waals surface area contributed by atoms with Gasteiger partial charge in [-0.15, -0.1) is 0 Å². The quantitative estimate of drug-likeness (QED) is 0.197. The van der Waals surface area contributed by atoms with Crippen molar-refractivity contribution >= 4 is 23.5 Å². The normalized spacial score (nSPS) is 18.1. The van der Waals surface area contributed by atoms with Crippen molar-refractivity contribution in [2.75, 3.05) is 5.32 Å². The van der Waals surface area contributed by atoms with Crippen molar-refractivity contribution < 1.29 is 33.0 Å². The lowest BCUT2D eigenvalue weighted by Crippen LogP contribution is -2.33. The van der Waals surface area contributed by atoms with E-state index in [1.54, 1.807) is 4.90 Å². The highest BCUT2D eigenvalue weighted by atomic mass is 19.2. The maximum absolute atomic E-state index is 13.8. The number of rotatable bonds is 10. The molecule has 0 aromatic heterocycles. The number of aliphatic hydroxyl groups is 1. The first-order valence-corrected chi connectivity index (χ1v) is 15.6. The van der Waals surface area contributed by atoms with E-state index in [0.29, 0.717) is 30.5 Å². The molecule has 3 aromatic carbocycles. The summed E-state index contributed by atoms with van der Waals surface area (Å²) < 4.78 is 32.7. The number of ether oxygens (including phenoxy) is 1. The number of esters is 1. The zero-order valence-corrected chi connectivity index (χ0v) is 25.6. The fourth-order valence-electron chi connectivity index (χ4n) is 6.78.